The van der Waals surface area contributed by atoms with Gasteiger partial charge in [-0.1, -0.05) is 24.3 Å². The van der Waals surface area contributed by atoms with E-state index in [1.807, 2.05) is 62.5 Å². The Labute approximate surface area is 206 Å². The van der Waals surface area contributed by atoms with Crippen molar-refractivity contribution in [1.29, 1.82) is 0 Å². The molecule has 34 heavy (non-hydrogen) atoms. The number of aryl methyl sites for hydroxylation is 1. The first-order chi connectivity index (χ1) is 16.2. The summed E-state index contributed by atoms with van der Waals surface area (Å²) in [5, 5.41) is 7.51. The van der Waals surface area contributed by atoms with E-state index in [2.05, 4.69) is 29.4 Å². The lowest BCUT2D eigenvalue weighted by Gasteiger charge is -2.26. The molecule has 1 heterocycles. The fraction of sp³-hybridized carbons (Fsp3) is 0.407. The molecule has 0 bridgehead atoms. The maximum absolute atomic E-state index is 12.4. The van der Waals surface area contributed by atoms with Gasteiger partial charge in [-0.05, 0) is 93.4 Å². The smallest absolute Gasteiger partial charge is 0.251 e. The number of amides is 2. The molecular weight excluding hydrogens is 446 g/mol. The van der Waals surface area contributed by atoms with Crippen molar-refractivity contribution in [2.45, 2.75) is 45.8 Å². The first-order valence-corrected chi connectivity index (χ1v) is 12.5. The van der Waals surface area contributed by atoms with Crippen molar-refractivity contribution in [2.75, 3.05) is 26.7 Å². The molecule has 3 aromatic rings. The summed E-state index contributed by atoms with van der Waals surface area (Å²) in [6, 6.07) is 16.2. The van der Waals surface area contributed by atoms with Crippen LogP contribution in [0, 0.1) is 0 Å². The van der Waals surface area contributed by atoms with Crippen molar-refractivity contribution >= 4 is 33.7 Å². The lowest BCUT2D eigenvalue weighted by Crippen LogP contribution is -2.33. The molecule has 0 atom stereocenters. The molecule has 2 amide bonds. The maximum Gasteiger partial charge on any atom is 0.251 e. The molecular formula is C27H35N3O3S. The summed E-state index contributed by atoms with van der Waals surface area (Å²) in [6.45, 7) is 8.57. The van der Waals surface area contributed by atoms with E-state index in [1.54, 1.807) is 11.3 Å². The molecule has 0 saturated carbocycles. The number of carbonyl (C=O) groups excluding carboxylic acids is 2. The summed E-state index contributed by atoms with van der Waals surface area (Å²) in [4.78, 5) is 31.5. The third-order valence-electron chi connectivity index (χ3n) is 5.37. The second-order valence-electron chi connectivity index (χ2n) is 9.54. The number of thiophene rings is 1. The summed E-state index contributed by atoms with van der Waals surface area (Å²) in [5.41, 5.74) is 2.60. The van der Waals surface area contributed by atoms with E-state index in [0.29, 0.717) is 18.7 Å². The molecule has 0 aliphatic rings. The van der Waals surface area contributed by atoms with Crippen LogP contribution in [0.4, 0.5) is 0 Å². The highest BCUT2D eigenvalue weighted by molar-refractivity contribution is 7.17. The van der Waals surface area contributed by atoms with Crippen LogP contribution in [0.15, 0.2) is 53.9 Å². The molecule has 0 aliphatic carbocycles. The second kappa shape index (κ2) is 12.1. The van der Waals surface area contributed by atoms with Crippen molar-refractivity contribution in [3.8, 4) is 0 Å². The SMILES string of the molecule is CN(CCCc1ccc(CN(C=O)OC(C)(C)C)cc1)CCNC(=O)c1ccc2sccc2c1. The van der Waals surface area contributed by atoms with Gasteiger partial charge in [-0.25, -0.2) is 5.06 Å². The van der Waals surface area contributed by atoms with Gasteiger partial charge < -0.3 is 10.2 Å². The van der Waals surface area contributed by atoms with Gasteiger partial charge in [0.25, 0.3) is 5.91 Å². The fourth-order valence-corrected chi connectivity index (χ4v) is 4.44. The number of nitrogens with one attached hydrogen (secondary N) is 1. The average molecular weight is 482 g/mol. The van der Waals surface area contributed by atoms with Crippen molar-refractivity contribution in [3.05, 3.63) is 70.6 Å². The van der Waals surface area contributed by atoms with Gasteiger partial charge in [-0.2, -0.15) is 0 Å². The Morgan fingerprint density at radius 3 is 2.50 bits per heavy atom. The number of likely N-dealkylation sites (N-methyl/N-ethyl adjacent to an activating group) is 1. The Bertz CT molecular complexity index is 1070. The molecule has 6 nitrogen and oxygen atoms in total. The highest BCUT2D eigenvalue weighted by atomic mass is 32.1. The molecule has 182 valence electrons. The summed E-state index contributed by atoms with van der Waals surface area (Å²) in [6.07, 6.45) is 2.74. The van der Waals surface area contributed by atoms with E-state index in [9.17, 15) is 9.59 Å². The van der Waals surface area contributed by atoms with Gasteiger partial charge in [0.1, 0.15) is 0 Å². The molecule has 0 saturated heterocycles. The zero-order chi connectivity index (χ0) is 24.6. The van der Waals surface area contributed by atoms with Crippen LogP contribution in [-0.4, -0.2) is 54.6 Å². The number of carbonyl (C=O) groups is 2. The average Bonchev–Trinajstić information content (AvgIpc) is 3.26. The predicted octanol–water partition coefficient (Wildman–Crippen LogP) is 4.88. The number of fused-ring (bicyclic) bond motifs is 1. The standard InChI is InChI=1S/C27H35N3O3S/c1-27(2,3)33-30(20-31)19-22-9-7-21(8-10-22)6-5-15-29(4)16-14-28-26(32)24-11-12-25-23(18-24)13-17-34-25/h7-13,17-18,20H,5-6,14-16,19H2,1-4H3,(H,28,32). The molecule has 1 N–H and O–H groups in total. The molecule has 0 aliphatic heterocycles. The molecule has 0 unspecified atom stereocenters. The quantitative estimate of drug-likeness (QED) is 0.296. The molecule has 1 aromatic heterocycles. The Hall–Kier alpha value is -2.74. The van der Waals surface area contributed by atoms with E-state index in [1.165, 1.54) is 15.3 Å². The minimum absolute atomic E-state index is 0.0253. The van der Waals surface area contributed by atoms with Crippen LogP contribution in [0.3, 0.4) is 0 Å². The van der Waals surface area contributed by atoms with E-state index >= 15 is 0 Å². The van der Waals surface area contributed by atoms with E-state index in [0.717, 1.165) is 43.3 Å². The molecule has 3 rings (SSSR count). The predicted molar refractivity (Wildman–Crippen MR) is 139 cm³/mol. The first-order valence-electron chi connectivity index (χ1n) is 11.7. The molecule has 0 fully saturated rings. The summed E-state index contributed by atoms with van der Waals surface area (Å²) < 4.78 is 1.20. The van der Waals surface area contributed by atoms with E-state index < -0.39 is 5.60 Å². The number of hydrogen-bond acceptors (Lipinski definition) is 5. The van der Waals surface area contributed by atoms with Crippen LogP contribution >= 0.6 is 11.3 Å². The molecule has 2 aromatic carbocycles. The number of nitrogens with zero attached hydrogens (tertiary/aromatic N) is 2. The first kappa shape index (κ1) is 25.9. The topological polar surface area (TPSA) is 61.9 Å². The Kier molecular flexibility index (Phi) is 9.21. The molecule has 0 radical (unpaired) electrons. The van der Waals surface area contributed by atoms with E-state index in [4.69, 9.17) is 4.84 Å². The fourth-order valence-electron chi connectivity index (χ4n) is 3.67. The van der Waals surface area contributed by atoms with Crippen molar-refractivity contribution in [3.63, 3.8) is 0 Å². The summed E-state index contributed by atoms with van der Waals surface area (Å²) in [5.74, 6) is -0.0253. The number of rotatable bonds is 12. The zero-order valence-electron chi connectivity index (χ0n) is 20.5. The third-order valence-corrected chi connectivity index (χ3v) is 6.27. The Balaban J connectivity index is 1.34. The maximum atomic E-state index is 12.4. The van der Waals surface area contributed by atoms with Gasteiger partial charge in [0.2, 0.25) is 6.41 Å². The van der Waals surface area contributed by atoms with Crippen LogP contribution in [0.1, 0.15) is 48.7 Å². The van der Waals surface area contributed by atoms with E-state index in [-0.39, 0.29) is 5.91 Å². The van der Waals surface area contributed by atoms with Crippen LogP contribution in [0.2, 0.25) is 0 Å². The number of hydroxylamine groups is 2. The monoisotopic (exact) mass is 481 g/mol. The van der Waals surface area contributed by atoms with Gasteiger partial charge in [0, 0.05) is 23.4 Å². The van der Waals surface area contributed by atoms with Gasteiger partial charge in [0.15, 0.2) is 0 Å². The molecule has 7 heteroatoms. The third kappa shape index (κ3) is 8.24. The Morgan fingerprint density at radius 2 is 1.79 bits per heavy atom. The van der Waals surface area contributed by atoms with Gasteiger partial charge in [-0.3, -0.25) is 14.4 Å². The van der Waals surface area contributed by atoms with Gasteiger partial charge in [-0.15, -0.1) is 11.3 Å². The highest BCUT2D eigenvalue weighted by Gasteiger charge is 2.16. The molecule has 0 spiro atoms. The van der Waals surface area contributed by atoms with Crippen molar-refractivity contribution in [2.24, 2.45) is 0 Å². The van der Waals surface area contributed by atoms with Crippen LogP contribution in [0.5, 0.6) is 0 Å². The minimum atomic E-state index is -0.409. The Morgan fingerprint density at radius 1 is 1.06 bits per heavy atom. The number of hydrogen-bond donors (Lipinski definition) is 1. The lowest BCUT2D eigenvalue weighted by atomic mass is 10.1. The summed E-state index contributed by atoms with van der Waals surface area (Å²) >= 11 is 1.68. The largest absolute Gasteiger partial charge is 0.351 e. The zero-order valence-corrected chi connectivity index (χ0v) is 21.4. The van der Waals surface area contributed by atoms with Gasteiger partial charge in [0.05, 0.1) is 12.1 Å². The summed E-state index contributed by atoms with van der Waals surface area (Å²) in [7, 11) is 2.08. The minimum Gasteiger partial charge on any atom is -0.351 e. The normalized spacial score (nSPS) is 11.7. The van der Waals surface area contributed by atoms with Crippen LogP contribution < -0.4 is 5.32 Å². The highest BCUT2D eigenvalue weighted by Crippen LogP contribution is 2.21. The lowest BCUT2D eigenvalue weighted by molar-refractivity contribution is -0.220. The number of benzene rings is 2. The van der Waals surface area contributed by atoms with Crippen molar-refractivity contribution < 1.29 is 14.4 Å². The van der Waals surface area contributed by atoms with Crippen LogP contribution in [-0.2, 0) is 22.6 Å². The van der Waals surface area contributed by atoms with Crippen molar-refractivity contribution in [1.82, 2.24) is 15.3 Å². The second-order valence-corrected chi connectivity index (χ2v) is 10.5. The van der Waals surface area contributed by atoms with Crippen LogP contribution in [0.25, 0.3) is 10.1 Å². The van der Waals surface area contributed by atoms with Gasteiger partial charge >= 0.3 is 0 Å².